The van der Waals surface area contributed by atoms with E-state index in [1.165, 1.54) is 12.1 Å². The highest BCUT2D eigenvalue weighted by Crippen LogP contribution is 2.24. The van der Waals surface area contributed by atoms with E-state index in [0.29, 0.717) is 40.0 Å². The van der Waals surface area contributed by atoms with Crippen LogP contribution in [0.4, 0.5) is 4.39 Å². The van der Waals surface area contributed by atoms with Crippen LogP contribution in [0.2, 0.25) is 0 Å². The molecule has 0 atom stereocenters. The fourth-order valence-electron chi connectivity index (χ4n) is 4.49. The number of fused-ring (bicyclic) bond motifs is 1. The zero-order valence-electron chi connectivity index (χ0n) is 18.5. The van der Waals surface area contributed by atoms with Gasteiger partial charge in [0.05, 0.1) is 12.5 Å². The first-order chi connectivity index (χ1) is 15.5. The molecule has 1 aliphatic rings. The first kappa shape index (κ1) is 22.2. The van der Waals surface area contributed by atoms with Crippen molar-refractivity contribution in [3.63, 3.8) is 0 Å². The first-order valence-electron chi connectivity index (χ1n) is 11.1. The Hall–Kier alpha value is -2.99. The summed E-state index contributed by atoms with van der Waals surface area (Å²) < 4.78 is 24.2. The zero-order chi connectivity index (χ0) is 22.7. The molecule has 1 fully saturated rings. The SMILES string of the molecule is COc1ccc2oc(C)c(CCCN3CCC(C(=O)c4ccc(F)cc4)CC3)c(=O)c2c1. The second kappa shape index (κ2) is 9.65. The van der Waals surface area contributed by atoms with Crippen molar-refractivity contribution in [3.8, 4) is 5.75 Å². The van der Waals surface area contributed by atoms with Crippen molar-refractivity contribution in [1.29, 1.82) is 0 Å². The van der Waals surface area contributed by atoms with E-state index in [1.54, 1.807) is 37.4 Å². The molecular formula is C26H28FNO4. The Labute approximate surface area is 186 Å². The predicted molar refractivity (Wildman–Crippen MR) is 122 cm³/mol. The molecular weight excluding hydrogens is 409 g/mol. The van der Waals surface area contributed by atoms with Crippen LogP contribution < -0.4 is 10.2 Å². The van der Waals surface area contributed by atoms with E-state index < -0.39 is 0 Å². The third-order valence-electron chi connectivity index (χ3n) is 6.38. The number of rotatable bonds is 7. The summed E-state index contributed by atoms with van der Waals surface area (Å²) in [5, 5.41) is 0.546. The Kier molecular flexibility index (Phi) is 6.70. The smallest absolute Gasteiger partial charge is 0.196 e. The molecule has 0 amide bonds. The Morgan fingerprint density at radius 3 is 2.56 bits per heavy atom. The minimum absolute atomic E-state index is 0.00579. The summed E-state index contributed by atoms with van der Waals surface area (Å²) in [5.41, 5.74) is 1.88. The molecule has 0 saturated carbocycles. The molecule has 2 aromatic carbocycles. The lowest BCUT2D eigenvalue weighted by atomic mass is 9.89. The number of benzene rings is 2. The van der Waals surface area contributed by atoms with E-state index in [9.17, 15) is 14.0 Å². The van der Waals surface area contributed by atoms with Crippen molar-refractivity contribution in [3.05, 3.63) is 75.4 Å². The lowest BCUT2D eigenvalue weighted by Crippen LogP contribution is -2.37. The van der Waals surface area contributed by atoms with Gasteiger partial charge in [0, 0.05) is 17.0 Å². The second-order valence-electron chi connectivity index (χ2n) is 8.42. The minimum Gasteiger partial charge on any atom is -0.497 e. The first-order valence-corrected chi connectivity index (χ1v) is 11.1. The molecule has 1 aromatic heterocycles. The van der Waals surface area contributed by atoms with Crippen LogP contribution in [-0.2, 0) is 6.42 Å². The van der Waals surface area contributed by atoms with Crippen molar-refractivity contribution in [2.75, 3.05) is 26.7 Å². The number of carbonyl (C=O) groups excluding carboxylic acids is 1. The summed E-state index contributed by atoms with van der Waals surface area (Å²) >= 11 is 0. The molecule has 5 nitrogen and oxygen atoms in total. The van der Waals surface area contributed by atoms with Crippen LogP contribution in [0.1, 0.15) is 40.9 Å². The Bertz CT molecular complexity index is 1160. The van der Waals surface area contributed by atoms with Crippen molar-refractivity contribution in [2.45, 2.75) is 32.6 Å². The van der Waals surface area contributed by atoms with Gasteiger partial charge in [-0.3, -0.25) is 9.59 Å². The van der Waals surface area contributed by atoms with Gasteiger partial charge in [0.2, 0.25) is 0 Å². The molecule has 3 aromatic rings. The van der Waals surface area contributed by atoms with Crippen LogP contribution in [0.5, 0.6) is 5.75 Å². The van der Waals surface area contributed by atoms with Crippen LogP contribution in [0.15, 0.2) is 51.7 Å². The van der Waals surface area contributed by atoms with Gasteiger partial charge in [-0.25, -0.2) is 4.39 Å². The van der Waals surface area contributed by atoms with E-state index >= 15 is 0 Å². The number of piperidine rings is 1. The number of hydrogen-bond donors (Lipinski definition) is 0. The molecule has 32 heavy (non-hydrogen) atoms. The summed E-state index contributed by atoms with van der Waals surface area (Å²) in [6, 6.07) is 11.1. The molecule has 1 aliphatic heterocycles. The molecule has 0 bridgehead atoms. The molecule has 2 heterocycles. The van der Waals surface area contributed by atoms with Gasteiger partial charge in [0.1, 0.15) is 22.9 Å². The number of hydrogen-bond acceptors (Lipinski definition) is 5. The maximum Gasteiger partial charge on any atom is 0.196 e. The van der Waals surface area contributed by atoms with Gasteiger partial charge in [0.15, 0.2) is 11.2 Å². The lowest BCUT2D eigenvalue weighted by molar-refractivity contribution is 0.0839. The number of ether oxygens (including phenoxy) is 1. The zero-order valence-corrected chi connectivity index (χ0v) is 18.5. The fraction of sp³-hybridized carbons (Fsp3) is 0.385. The highest BCUT2D eigenvalue weighted by atomic mass is 19.1. The van der Waals surface area contributed by atoms with Gasteiger partial charge in [-0.05, 0) is 94.7 Å². The Balaban J connectivity index is 1.33. The second-order valence-corrected chi connectivity index (χ2v) is 8.42. The monoisotopic (exact) mass is 437 g/mol. The molecule has 0 spiro atoms. The highest BCUT2D eigenvalue weighted by Gasteiger charge is 2.25. The highest BCUT2D eigenvalue weighted by molar-refractivity contribution is 5.97. The number of methoxy groups -OCH3 is 1. The Morgan fingerprint density at radius 1 is 1.16 bits per heavy atom. The average molecular weight is 438 g/mol. The maximum atomic E-state index is 13.1. The lowest BCUT2D eigenvalue weighted by Gasteiger charge is -2.31. The number of ketones is 1. The average Bonchev–Trinajstić information content (AvgIpc) is 2.81. The predicted octanol–water partition coefficient (Wildman–Crippen LogP) is 4.78. The summed E-state index contributed by atoms with van der Waals surface area (Å²) in [6.45, 7) is 4.40. The van der Waals surface area contributed by atoms with Gasteiger partial charge in [-0.1, -0.05) is 0 Å². The molecule has 0 radical (unpaired) electrons. The fourth-order valence-corrected chi connectivity index (χ4v) is 4.49. The molecule has 168 valence electrons. The normalized spacial score (nSPS) is 15.2. The van der Waals surface area contributed by atoms with E-state index in [4.69, 9.17) is 9.15 Å². The number of carbonyl (C=O) groups is 1. The van der Waals surface area contributed by atoms with Gasteiger partial charge in [-0.15, -0.1) is 0 Å². The van der Waals surface area contributed by atoms with Crippen LogP contribution in [0, 0.1) is 18.7 Å². The summed E-state index contributed by atoms with van der Waals surface area (Å²) in [7, 11) is 1.58. The van der Waals surface area contributed by atoms with Gasteiger partial charge >= 0.3 is 0 Å². The van der Waals surface area contributed by atoms with Crippen LogP contribution >= 0.6 is 0 Å². The summed E-state index contributed by atoms with van der Waals surface area (Å²) in [5.74, 6) is 1.06. The largest absolute Gasteiger partial charge is 0.497 e. The van der Waals surface area contributed by atoms with Gasteiger partial charge in [0.25, 0.3) is 0 Å². The van der Waals surface area contributed by atoms with E-state index in [1.807, 2.05) is 6.92 Å². The molecule has 0 N–H and O–H groups in total. The number of Topliss-reactive ketones (excluding diaryl/α,β-unsaturated/α-hetero) is 1. The van der Waals surface area contributed by atoms with Gasteiger partial charge < -0.3 is 14.1 Å². The summed E-state index contributed by atoms with van der Waals surface area (Å²) in [4.78, 5) is 28.0. The van der Waals surface area contributed by atoms with Crippen molar-refractivity contribution < 1.29 is 18.3 Å². The van der Waals surface area contributed by atoms with E-state index in [0.717, 1.165) is 38.9 Å². The van der Waals surface area contributed by atoms with Crippen molar-refractivity contribution in [2.24, 2.45) is 5.92 Å². The molecule has 1 saturated heterocycles. The van der Waals surface area contributed by atoms with Crippen LogP contribution in [0.25, 0.3) is 11.0 Å². The minimum atomic E-state index is -0.328. The standard InChI is InChI=1S/C26H28FNO4/c1-17-22(26(30)23-16-21(31-2)9-10-24(23)32-17)4-3-13-28-14-11-19(12-15-28)25(29)18-5-7-20(27)8-6-18/h5-10,16,19H,3-4,11-15H2,1-2H3. The van der Waals surface area contributed by atoms with Gasteiger partial charge in [-0.2, -0.15) is 0 Å². The van der Waals surface area contributed by atoms with Crippen molar-refractivity contribution >= 4 is 16.8 Å². The van der Waals surface area contributed by atoms with Crippen LogP contribution in [-0.4, -0.2) is 37.4 Å². The molecule has 6 heteroatoms. The quantitative estimate of drug-likeness (QED) is 0.498. The molecule has 0 unspecified atom stereocenters. The number of halogens is 1. The Morgan fingerprint density at radius 2 is 1.88 bits per heavy atom. The summed E-state index contributed by atoms with van der Waals surface area (Å²) in [6.07, 6.45) is 3.09. The number of aryl methyl sites for hydroxylation is 1. The third-order valence-corrected chi connectivity index (χ3v) is 6.38. The maximum absolute atomic E-state index is 13.1. The van der Waals surface area contributed by atoms with E-state index in [-0.39, 0.29) is 22.9 Å². The third kappa shape index (κ3) is 4.75. The number of nitrogens with zero attached hydrogens (tertiary/aromatic N) is 1. The van der Waals surface area contributed by atoms with Crippen molar-refractivity contribution in [1.82, 2.24) is 4.90 Å². The molecule has 4 rings (SSSR count). The number of likely N-dealkylation sites (tertiary alicyclic amines) is 1. The van der Waals surface area contributed by atoms with E-state index in [2.05, 4.69) is 4.90 Å². The topological polar surface area (TPSA) is 59.8 Å². The van der Waals surface area contributed by atoms with Crippen LogP contribution in [0.3, 0.4) is 0 Å². The molecule has 0 aliphatic carbocycles.